The lowest BCUT2D eigenvalue weighted by Gasteiger charge is -2.22. The maximum Gasteiger partial charge on any atom is 0.193 e. The van der Waals surface area contributed by atoms with Crippen LogP contribution in [0.5, 0.6) is 5.75 Å². The van der Waals surface area contributed by atoms with Gasteiger partial charge in [0.1, 0.15) is 5.75 Å². The van der Waals surface area contributed by atoms with Gasteiger partial charge >= 0.3 is 0 Å². The summed E-state index contributed by atoms with van der Waals surface area (Å²) in [5, 5.41) is 8.05. The van der Waals surface area contributed by atoms with Crippen LogP contribution in [0.3, 0.4) is 0 Å². The van der Waals surface area contributed by atoms with Crippen molar-refractivity contribution in [1.82, 2.24) is 20.0 Å². The van der Waals surface area contributed by atoms with Crippen LogP contribution in [0.25, 0.3) is 0 Å². The highest BCUT2D eigenvalue weighted by Gasteiger charge is 2.14. The monoisotopic (exact) mass is 371 g/mol. The third-order valence-corrected chi connectivity index (χ3v) is 4.55. The number of rotatable bonds is 8. The summed E-state index contributed by atoms with van der Waals surface area (Å²) in [5.74, 6) is 2.22. The second kappa shape index (κ2) is 10.00. The molecule has 0 aliphatic heterocycles. The van der Waals surface area contributed by atoms with Gasteiger partial charge in [0.2, 0.25) is 0 Å². The molecule has 148 valence electrons. The van der Waals surface area contributed by atoms with Gasteiger partial charge in [0.15, 0.2) is 5.96 Å². The van der Waals surface area contributed by atoms with Gasteiger partial charge in [-0.1, -0.05) is 26.0 Å². The average Bonchev–Trinajstić information content (AvgIpc) is 3.02. The minimum absolute atomic E-state index is 0.411. The molecule has 0 fully saturated rings. The fraction of sp³-hybridized carbons (Fsp3) is 0.524. The first-order chi connectivity index (χ1) is 12.9. The number of benzene rings is 1. The van der Waals surface area contributed by atoms with Crippen LogP contribution in [-0.4, -0.2) is 48.4 Å². The molecule has 1 N–H and O–H groups in total. The maximum absolute atomic E-state index is 5.20. The number of nitrogens with one attached hydrogen (secondary N) is 1. The Hall–Kier alpha value is -2.50. The van der Waals surface area contributed by atoms with Crippen molar-refractivity contribution in [3.05, 3.63) is 47.3 Å². The topological polar surface area (TPSA) is 54.7 Å². The van der Waals surface area contributed by atoms with Gasteiger partial charge in [0, 0.05) is 46.0 Å². The van der Waals surface area contributed by atoms with Crippen molar-refractivity contribution in [3.8, 4) is 5.75 Å². The molecule has 0 bridgehead atoms. The molecule has 0 saturated carbocycles. The SMILES string of the molecule is CN=C(NCCCc1ccc(OC)cc1)N(C)Cc1cn(C)nc1C(C)C. The summed E-state index contributed by atoms with van der Waals surface area (Å²) in [4.78, 5) is 6.57. The molecule has 0 saturated heterocycles. The highest BCUT2D eigenvalue weighted by molar-refractivity contribution is 5.79. The zero-order chi connectivity index (χ0) is 19.8. The standard InChI is InChI=1S/C21H33N5O/c1-16(2)20-18(15-26(5)24-20)14-25(4)21(22-3)23-13-7-8-17-9-11-19(27-6)12-10-17/h9-12,15-16H,7-8,13-14H2,1-6H3,(H,22,23). The quantitative estimate of drug-likeness (QED) is 0.440. The molecule has 2 rings (SSSR count). The predicted octanol–water partition coefficient (Wildman–Crippen LogP) is 3.19. The summed E-state index contributed by atoms with van der Waals surface area (Å²) in [6.07, 6.45) is 4.17. The molecule has 0 spiro atoms. The summed E-state index contributed by atoms with van der Waals surface area (Å²) < 4.78 is 7.09. The zero-order valence-corrected chi connectivity index (χ0v) is 17.5. The van der Waals surface area contributed by atoms with Crippen molar-refractivity contribution in [2.75, 3.05) is 27.7 Å². The molecule has 0 radical (unpaired) electrons. The molecule has 0 unspecified atom stereocenters. The Balaban J connectivity index is 1.83. The van der Waals surface area contributed by atoms with Crippen LogP contribution in [0.4, 0.5) is 0 Å². The number of aryl methyl sites for hydroxylation is 2. The van der Waals surface area contributed by atoms with Crippen molar-refractivity contribution in [3.63, 3.8) is 0 Å². The van der Waals surface area contributed by atoms with E-state index in [-0.39, 0.29) is 0 Å². The van der Waals surface area contributed by atoms with Crippen molar-refractivity contribution >= 4 is 5.96 Å². The summed E-state index contributed by atoms with van der Waals surface area (Å²) in [6.45, 7) is 6.03. The van der Waals surface area contributed by atoms with Crippen LogP contribution < -0.4 is 10.1 Å². The Morgan fingerprint density at radius 3 is 2.59 bits per heavy atom. The second-order valence-corrected chi connectivity index (χ2v) is 7.15. The van der Waals surface area contributed by atoms with Gasteiger partial charge in [-0.05, 0) is 36.5 Å². The highest BCUT2D eigenvalue weighted by Crippen LogP contribution is 2.18. The fourth-order valence-corrected chi connectivity index (χ4v) is 3.16. The average molecular weight is 372 g/mol. The van der Waals surface area contributed by atoms with Crippen LogP contribution in [0.1, 0.15) is 43.0 Å². The van der Waals surface area contributed by atoms with E-state index in [2.05, 4.69) is 59.5 Å². The molecule has 1 aromatic heterocycles. The van der Waals surface area contributed by atoms with E-state index in [1.54, 1.807) is 7.11 Å². The Labute approximate surface area is 163 Å². The predicted molar refractivity (Wildman–Crippen MR) is 111 cm³/mol. The number of methoxy groups -OCH3 is 1. The molecule has 2 aromatic rings. The molecular weight excluding hydrogens is 338 g/mol. The largest absolute Gasteiger partial charge is 0.497 e. The van der Waals surface area contributed by atoms with E-state index in [1.807, 2.05) is 30.9 Å². The van der Waals surface area contributed by atoms with Gasteiger partial charge in [-0.25, -0.2) is 0 Å². The number of hydrogen-bond donors (Lipinski definition) is 1. The number of hydrogen-bond acceptors (Lipinski definition) is 3. The first-order valence-corrected chi connectivity index (χ1v) is 9.51. The third kappa shape index (κ3) is 6.01. The van der Waals surface area contributed by atoms with Gasteiger partial charge in [-0.3, -0.25) is 9.67 Å². The van der Waals surface area contributed by atoms with E-state index in [4.69, 9.17) is 4.74 Å². The molecule has 6 heteroatoms. The van der Waals surface area contributed by atoms with E-state index < -0.39 is 0 Å². The van der Waals surface area contributed by atoms with E-state index in [9.17, 15) is 0 Å². The Bertz CT molecular complexity index is 734. The minimum atomic E-state index is 0.411. The van der Waals surface area contributed by atoms with Crippen LogP contribution in [-0.2, 0) is 20.0 Å². The van der Waals surface area contributed by atoms with E-state index in [0.717, 1.165) is 43.3 Å². The molecule has 1 aromatic carbocycles. The number of nitrogens with zero attached hydrogens (tertiary/aromatic N) is 4. The third-order valence-electron chi connectivity index (χ3n) is 4.55. The van der Waals surface area contributed by atoms with Crippen LogP contribution in [0.15, 0.2) is 35.5 Å². The first-order valence-electron chi connectivity index (χ1n) is 9.51. The lowest BCUT2D eigenvalue weighted by Crippen LogP contribution is -2.39. The molecule has 0 aliphatic carbocycles. The molecule has 0 atom stereocenters. The minimum Gasteiger partial charge on any atom is -0.497 e. The van der Waals surface area contributed by atoms with Gasteiger partial charge in [-0.2, -0.15) is 5.10 Å². The van der Waals surface area contributed by atoms with Gasteiger partial charge < -0.3 is 15.0 Å². The number of ether oxygens (including phenoxy) is 1. The Morgan fingerprint density at radius 1 is 1.30 bits per heavy atom. The molecular formula is C21H33N5O. The summed E-state index contributed by atoms with van der Waals surface area (Å²) in [5.41, 5.74) is 3.72. The van der Waals surface area contributed by atoms with Crippen molar-refractivity contribution in [1.29, 1.82) is 0 Å². The van der Waals surface area contributed by atoms with Crippen molar-refractivity contribution in [2.45, 2.75) is 39.2 Å². The Kier molecular flexibility index (Phi) is 7.70. The molecule has 1 heterocycles. The summed E-state index contributed by atoms with van der Waals surface area (Å²) >= 11 is 0. The van der Waals surface area contributed by atoms with Crippen molar-refractivity contribution < 1.29 is 4.74 Å². The first kappa shape index (κ1) is 20.8. The van der Waals surface area contributed by atoms with Gasteiger partial charge in [0.05, 0.1) is 12.8 Å². The maximum atomic E-state index is 5.20. The van der Waals surface area contributed by atoms with E-state index >= 15 is 0 Å². The van der Waals surface area contributed by atoms with Crippen LogP contribution in [0.2, 0.25) is 0 Å². The normalized spacial score (nSPS) is 11.7. The second-order valence-electron chi connectivity index (χ2n) is 7.15. The summed E-state index contributed by atoms with van der Waals surface area (Å²) in [6, 6.07) is 8.26. The number of aromatic nitrogens is 2. The van der Waals surface area contributed by atoms with Crippen LogP contribution >= 0.6 is 0 Å². The molecule has 0 amide bonds. The number of guanidine groups is 1. The highest BCUT2D eigenvalue weighted by atomic mass is 16.5. The molecule has 0 aliphatic rings. The number of aliphatic imine (C=N–C) groups is 1. The van der Waals surface area contributed by atoms with Gasteiger partial charge in [-0.15, -0.1) is 0 Å². The lowest BCUT2D eigenvalue weighted by atomic mass is 10.1. The smallest absolute Gasteiger partial charge is 0.193 e. The lowest BCUT2D eigenvalue weighted by molar-refractivity contribution is 0.414. The van der Waals surface area contributed by atoms with E-state index in [0.29, 0.717) is 5.92 Å². The molecule has 27 heavy (non-hydrogen) atoms. The fourth-order valence-electron chi connectivity index (χ4n) is 3.16. The summed E-state index contributed by atoms with van der Waals surface area (Å²) in [7, 11) is 7.56. The van der Waals surface area contributed by atoms with E-state index in [1.165, 1.54) is 11.1 Å². The zero-order valence-electron chi connectivity index (χ0n) is 17.5. The molecule has 6 nitrogen and oxygen atoms in total. The van der Waals surface area contributed by atoms with Crippen molar-refractivity contribution in [2.24, 2.45) is 12.0 Å². The van der Waals surface area contributed by atoms with Crippen LogP contribution in [0, 0.1) is 0 Å². The Morgan fingerprint density at radius 2 is 2.00 bits per heavy atom. The van der Waals surface area contributed by atoms with Gasteiger partial charge in [0.25, 0.3) is 0 Å².